The monoisotopic (exact) mass is 707 g/mol. The number of carbonyl (C=O) groups excluding carboxylic acids is 1. The summed E-state index contributed by atoms with van der Waals surface area (Å²) in [4.78, 5) is 10.6. The fourth-order valence-corrected chi connectivity index (χ4v) is 3.56. The highest BCUT2D eigenvalue weighted by atomic mass is 16.6. The molecule has 0 aliphatic heterocycles. The third-order valence-corrected chi connectivity index (χ3v) is 6.10. The van der Waals surface area contributed by atoms with Crippen molar-refractivity contribution in [3.05, 3.63) is 29.8 Å². The van der Waals surface area contributed by atoms with E-state index in [1.165, 1.54) is 0 Å². The summed E-state index contributed by atoms with van der Waals surface area (Å²) in [6.07, 6.45) is 0.798. The second-order valence-corrected chi connectivity index (χ2v) is 9.99. The van der Waals surface area contributed by atoms with Crippen LogP contribution in [0.3, 0.4) is 0 Å². The van der Waals surface area contributed by atoms with Gasteiger partial charge >= 0.3 is 0 Å². The van der Waals surface area contributed by atoms with E-state index in [2.05, 4.69) is 5.32 Å². The van der Waals surface area contributed by atoms with Gasteiger partial charge in [0.25, 0.3) is 0 Å². The Balaban J connectivity index is 1.62. The maximum atomic E-state index is 10.6. The van der Waals surface area contributed by atoms with Crippen LogP contribution < -0.4 is 10.1 Å². The molecule has 0 aromatic heterocycles. The molecule has 15 nitrogen and oxygen atoms in total. The summed E-state index contributed by atoms with van der Waals surface area (Å²) in [5, 5.41) is 3.02. The average molecular weight is 708 g/mol. The van der Waals surface area contributed by atoms with Gasteiger partial charge in [0.05, 0.1) is 159 Å². The molecule has 1 aromatic rings. The Morgan fingerprint density at radius 1 is 0.388 bits per heavy atom. The van der Waals surface area contributed by atoms with E-state index in [0.29, 0.717) is 176 Å². The molecular formula is C34H61NO14. The van der Waals surface area contributed by atoms with Crippen molar-refractivity contribution in [2.24, 2.45) is 0 Å². The number of hydrogen-bond donors (Lipinski definition) is 1. The van der Waals surface area contributed by atoms with Gasteiger partial charge in [-0.3, -0.25) is 4.79 Å². The zero-order valence-electron chi connectivity index (χ0n) is 29.5. The van der Waals surface area contributed by atoms with Gasteiger partial charge in [0.2, 0.25) is 0 Å². The number of benzene rings is 1. The van der Waals surface area contributed by atoms with E-state index in [9.17, 15) is 4.79 Å². The lowest BCUT2D eigenvalue weighted by Gasteiger charge is -2.09. The number of nitrogens with one attached hydrogen (secondary N) is 1. The van der Waals surface area contributed by atoms with Crippen molar-refractivity contribution in [1.29, 1.82) is 0 Å². The third kappa shape index (κ3) is 34.4. The molecular weight excluding hydrogens is 646 g/mol. The Hall–Kier alpha value is -1.83. The highest BCUT2D eigenvalue weighted by Gasteiger charge is 1.98. The minimum Gasteiger partial charge on any atom is -0.491 e. The molecule has 1 rings (SSSR count). The fraction of sp³-hybridized carbons (Fsp3) is 0.794. The van der Waals surface area contributed by atoms with Crippen molar-refractivity contribution in [1.82, 2.24) is 5.32 Å². The number of hydrogen-bond acceptors (Lipinski definition) is 15. The Labute approximate surface area is 292 Å². The zero-order chi connectivity index (χ0) is 35.0. The summed E-state index contributed by atoms with van der Waals surface area (Å²) in [5.41, 5.74) is 0.617. The molecule has 0 aliphatic carbocycles. The first-order chi connectivity index (χ1) is 24.4. The molecule has 49 heavy (non-hydrogen) atoms. The van der Waals surface area contributed by atoms with Crippen molar-refractivity contribution >= 4 is 6.29 Å². The van der Waals surface area contributed by atoms with Crippen molar-refractivity contribution in [3.8, 4) is 5.75 Å². The molecule has 0 fully saturated rings. The molecule has 0 amide bonds. The Bertz CT molecular complexity index is 793. The molecule has 0 unspecified atom stereocenters. The van der Waals surface area contributed by atoms with Crippen LogP contribution in [0.5, 0.6) is 5.75 Å². The summed E-state index contributed by atoms with van der Waals surface area (Å²) in [5.74, 6) is 0.703. The molecule has 1 aromatic carbocycles. The largest absolute Gasteiger partial charge is 0.491 e. The van der Waals surface area contributed by atoms with Crippen LogP contribution in [-0.2, 0) is 56.8 Å². The molecule has 0 spiro atoms. The van der Waals surface area contributed by atoms with Gasteiger partial charge in [-0.05, 0) is 31.3 Å². The fourth-order valence-electron chi connectivity index (χ4n) is 3.56. The number of likely N-dealkylation sites (N-methyl/N-ethyl adjacent to an activating group) is 1. The smallest absolute Gasteiger partial charge is 0.150 e. The zero-order valence-corrected chi connectivity index (χ0v) is 29.5. The maximum Gasteiger partial charge on any atom is 0.150 e. The highest BCUT2D eigenvalue weighted by Crippen LogP contribution is 2.10. The number of aldehydes is 1. The lowest BCUT2D eigenvalue weighted by atomic mass is 10.2. The van der Waals surface area contributed by atoms with Crippen LogP contribution in [0.1, 0.15) is 10.4 Å². The van der Waals surface area contributed by atoms with Gasteiger partial charge in [0.15, 0.2) is 0 Å². The summed E-state index contributed by atoms with van der Waals surface area (Å²) >= 11 is 0. The van der Waals surface area contributed by atoms with E-state index in [1.807, 2.05) is 7.05 Å². The van der Waals surface area contributed by atoms with Gasteiger partial charge in [-0.15, -0.1) is 0 Å². The molecule has 0 atom stereocenters. The molecule has 0 aliphatic rings. The highest BCUT2D eigenvalue weighted by molar-refractivity contribution is 5.74. The normalized spacial score (nSPS) is 11.4. The van der Waals surface area contributed by atoms with Crippen molar-refractivity contribution in [3.63, 3.8) is 0 Å². The molecule has 1 N–H and O–H groups in total. The third-order valence-electron chi connectivity index (χ3n) is 6.10. The summed E-state index contributed by atoms with van der Waals surface area (Å²) in [6, 6.07) is 6.93. The lowest BCUT2D eigenvalue weighted by Crippen LogP contribution is -2.17. The predicted molar refractivity (Wildman–Crippen MR) is 181 cm³/mol. The van der Waals surface area contributed by atoms with Gasteiger partial charge in [-0.1, -0.05) is 0 Å². The van der Waals surface area contributed by atoms with Crippen molar-refractivity contribution < 1.29 is 66.4 Å². The topological polar surface area (TPSA) is 149 Å². The quantitative estimate of drug-likeness (QED) is 0.0769. The number of rotatable bonds is 41. The summed E-state index contributed by atoms with van der Waals surface area (Å²) in [6.45, 7) is 13.7. The first-order valence-electron chi connectivity index (χ1n) is 17.1. The van der Waals surface area contributed by atoms with Crippen molar-refractivity contribution in [2.75, 3.05) is 179 Å². The van der Waals surface area contributed by atoms with Crippen LogP contribution in [0.2, 0.25) is 0 Å². The van der Waals surface area contributed by atoms with E-state index in [1.54, 1.807) is 24.3 Å². The van der Waals surface area contributed by atoms with Crippen LogP contribution in [0.15, 0.2) is 24.3 Å². The number of carbonyl (C=O) groups is 1. The first kappa shape index (κ1) is 45.2. The van der Waals surface area contributed by atoms with E-state index >= 15 is 0 Å². The molecule has 0 heterocycles. The second kappa shape index (κ2) is 39.0. The summed E-state index contributed by atoms with van der Waals surface area (Å²) in [7, 11) is 1.89. The standard InChI is InChI=1S/C34H61NO14/c1-35-6-7-37-8-9-38-10-11-39-12-13-40-14-15-41-16-17-42-18-19-43-20-21-44-22-23-45-24-25-46-26-27-47-28-29-48-30-31-49-34-4-2-33(32-36)3-5-34/h2-5,32,35H,6-31H2,1H3. The molecule has 0 saturated heterocycles. The van der Waals surface area contributed by atoms with Gasteiger partial charge in [-0.2, -0.15) is 0 Å². The molecule has 0 bridgehead atoms. The van der Waals surface area contributed by atoms with Gasteiger partial charge in [-0.25, -0.2) is 0 Å². The minimum absolute atomic E-state index is 0.429. The van der Waals surface area contributed by atoms with E-state index in [4.69, 9.17) is 61.6 Å². The predicted octanol–water partition coefficient (Wildman–Crippen LogP) is 1.30. The summed E-state index contributed by atoms with van der Waals surface area (Å²) < 4.78 is 71.0. The Kier molecular flexibility index (Phi) is 35.9. The minimum atomic E-state index is 0.429. The SMILES string of the molecule is CNCCOCCOCCOCCOCCOCCOCCOCCOCCOCCOCCOCCOCCOc1ccc(C=O)cc1. The maximum absolute atomic E-state index is 10.6. The van der Waals surface area contributed by atoms with Crippen LogP contribution in [-0.4, -0.2) is 185 Å². The lowest BCUT2D eigenvalue weighted by molar-refractivity contribution is -0.0285. The molecule has 15 heteroatoms. The Morgan fingerprint density at radius 2 is 0.633 bits per heavy atom. The first-order valence-corrected chi connectivity index (χ1v) is 17.1. The van der Waals surface area contributed by atoms with Crippen molar-refractivity contribution in [2.45, 2.75) is 0 Å². The molecule has 286 valence electrons. The van der Waals surface area contributed by atoms with Gasteiger partial charge in [0, 0.05) is 12.1 Å². The van der Waals surface area contributed by atoms with Gasteiger partial charge < -0.3 is 66.9 Å². The average Bonchev–Trinajstić information content (AvgIpc) is 3.13. The van der Waals surface area contributed by atoms with Crippen LogP contribution in [0.25, 0.3) is 0 Å². The number of ether oxygens (including phenoxy) is 13. The molecule has 0 saturated carbocycles. The van der Waals surface area contributed by atoms with Crippen LogP contribution in [0.4, 0.5) is 0 Å². The van der Waals surface area contributed by atoms with Crippen LogP contribution >= 0.6 is 0 Å². The van der Waals surface area contributed by atoms with Crippen LogP contribution in [0, 0.1) is 0 Å². The van der Waals surface area contributed by atoms with E-state index in [0.717, 1.165) is 12.8 Å². The molecule has 0 radical (unpaired) electrons. The van der Waals surface area contributed by atoms with Gasteiger partial charge in [0.1, 0.15) is 18.6 Å². The van der Waals surface area contributed by atoms with E-state index in [-0.39, 0.29) is 0 Å². The Morgan fingerprint density at radius 3 is 0.878 bits per heavy atom. The van der Waals surface area contributed by atoms with E-state index < -0.39 is 0 Å². The second-order valence-electron chi connectivity index (χ2n) is 9.99.